The number of ether oxygens (including phenoxy) is 1. The Hall–Kier alpha value is -1.88. The zero-order valence-electron chi connectivity index (χ0n) is 9.99. The minimum absolute atomic E-state index is 0.0982. The molecular formula is C13H15N3O2. The van der Waals surface area contributed by atoms with E-state index < -0.39 is 0 Å². The quantitative estimate of drug-likeness (QED) is 0.502. The fourth-order valence-corrected chi connectivity index (χ4v) is 2.37. The van der Waals surface area contributed by atoms with Gasteiger partial charge in [-0.25, -0.2) is 4.98 Å². The second kappa shape index (κ2) is 4.78. The van der Waals surface area contributed by atoms with Gasteiger partial charge in [0, 0.05) is 6.61 Å². The number of benzene rings is 1. The molecule has 94 valence electrons. The lowest BCUT2D eigenvalue weighted by molar-refractivity contribution is -0.0295. The minimum Gasteiger partial charge on any atom is -0.411 e. The van der Waals surface area contributed by atoms with Crippen molar-refractivity contribution in [2.24, 2.45) is 5.16 Å². The van der Waals surface area contributed by atoms with Crippen LogP contribution in [-0.2, 0) is 4.74 Å². The molecule has 1 atom stereocenters. The maximum absolute atomic E-state index is 8.52. The summed E-state index contributed by atoms with van der Waals surface area (Å²) in [6, 6.07) is 5.79. The fraction of sp³-hybridized carbons (Fsp3) is 0.385. The van der Waals surface area contributed by atoms with Crippen LogP contribution >= 0.6 is 0 Å². The predicted molar refractivity (Wildman–Crippen MR) is 68.0 cm³/mol. The first kappa shape index (κ1) is 11.2. The molecule has 3 rings (SSSR count). The van der Waals surface area contributed by atoms with Crippen molar-refractivity contribution in [3.8, 4) is 0 Å². The zero-order valence-corrected chi connectivity index (χ0v) is 9.99. The van der Waals surface area contributed by atoms with E-state index in [1.165, 1.54) is 12.6 Å². The van der Waals surface area contributed by atoms with Gasteiger partial charge in [-0.15, -0.1) is 0 Å². The van der Waals surface area contributed by atoms with E-state index >= 15 is 0 Å². The number of imidazole rings is 1. The molecule has 1 aliphatic heterocycles. The molecule has 1 unspecified atom stereocenters. The highest BCUT2D eigenvalue weighted by molar-refractivity contribution is 5.86. The second-order valence-electron chi connectivity index (χ2n) is 4.47. The first-order chi connectivity index (χ1) is 8.88. The number of rotatable bonds is 2. The van der Waals surface area contributed by atoms with Gasteiger partial charge in [0.1, 0.15) is 6.23 Å². The van der Waals surface area contributed by atoms with Crippen molar-refractivity contribution in [2.75, 3.05) is 6.61 Å². The van der Waals surface area contributed by atoms with Crippen molar-refractivity contribution in [1.82, 2.24) is 9.55 Å². The van der Waals surface area contributed by atoms with Crippen LogP contribution in [0.2, 0.25) is 0 Å². The van der Waals surface area contributed by atoms with Gasteiger partial charge in [0.2, 0.25) is 0 Å². The molecule has 0 radical (unpaired) electrons. The highest BCUT2D eigenvalue weighted by Crippen LogP contribution is 2.26. The second-order valence-corrected chi connectivity index (χ2v) is 4.47. The molecule has 1 aliphatic rings. The van der Waals surface area contributed by atoms with E-state index in [1.54, 1.807) is 0 Å². The molecule has 2 aromatic rings. The fourth-order valence-electron chi connectivity index (χ4n) is 2.37. The number of hydrogen-bond acceptors (Lipinski definition) is 4. The van der Waals surface area contributed by atoms with Crippen LogP contribution in [0.5, 0.6) is 0 Å². The normalized spacial score (nSPS) is 20.8. The maximum Gasteiger partial charge on any atom is 0.135 e. The SMILES string of the molecule is ON=Cc1ccc2c(c1)ncn2C1CCCCO1. The highest BCUT2D eigenvalue weighted by Gasteiger charge is 2.17. The maximum atomic E-state index is 8.52. The standard InChI is InChI=1S/C13H15N3O2/c17-15-8-10-4-5-12-11(7-10)14-9-16(12)13-3-1-2-6-18-13/h4-5,7-9,13,17H,1-3,6H2. The van der Waals surface area contributed by atoms with Crippen LogP contribution in [0, 0.1) is 0 Å². The van der Waals surface area contributed by atoms with E-state index in [1.807, 2.05) is 24.5 Å². The van der Waals surface area contributed by atoms with E-state index in [4.69, 9.17) is 9.94 Å². The van der Waals surface area contributed by atoms with Crippen molar-refractivity contribution in [2.45, 2.75) is 25.5 Å². The summed E-state index contributed by atoms with van der Waals surface area (Å²) >= 11 is 0. The van der Waals surface area contributed by atoms with E-state index in [0.29, 0.717) is 0 Å². The average molecular weight is 245 g/mol. The Morgan fingerprint density at radius 2 is 2.39 bits per heavy atom. The van der Waals surface area contributed by atoms with Crippen molar-refractivity contribution in [3.05, 3.63) is 30.1 Å². The summed E-state index contributed by atoms with van der Waals surface area (Å²) in [5.74, 6) is 0. The summed E-state index contributed by atoms with van der Waals surface area (Å²) in [7, 11) is 0. The van der Waals surface area contributed by atoms with E-state index in [9.17, 15) is 0 Å². The first-order valence-corrected chi connectivity index (χ1v) is 6.14. The van der Waals surface area contributed by atoms with E-state index in [-0.39, 0.29) is 6.23 Å². The van der Waals surface area contributed by atoms with E-state index in [2.05, 4.69) is 14.7 Å². The lowest BCUT2D eigenvalue weighted by Gasteiger charge is -2.24. The van der Waals surface area contributed by atoms with Gasteiger partial charge in [0.15, 0.2) is 0 Å². The van der Waals surface area contributed by atoms with Crippen LogP contribution < -0.4 is 0 Å². The molecular weight excluding hydrogens is 230 g/mol. The summed E-state index contributed by atoms with van der Waals surface area (Å²) in [6.07, 6.45) is 6.68. The number of fused-ring (bicyclic) bond motifs is 1. The molecule has 0 spiro atoms. The summed E-state index contributed by atoms with van der Waals surface area (Å²) in [5.41, 5.74) is 2.78. The zero-order chi connectivity index (χ0) is 12.4. The molecule has 1 saturated heterocycles. The monoisotopic (exact) mass is 245 g/mol. The van der Waals surface area contributed by atoms with Crippen molar-refractivity contribution >= 4 is 17.2 Å². The van der Waals surface area contributed by atoms with Gasteiger partial charge in [0.25, 0.3) is 0 Å². The van der Waals surface area contributed by atoms with Gasteiger partial charge >= 0.3 is 0 Å². The molecule has 0 saturated carbocycles. The van der Waals surface area contributed by atoms with Crippen molar-refractivity contribution < 1.29 is 9.94 Å². The first-order valence-electron chi connectivity index (χ1n) is 6.14. The largest absolute Gasteiger partial charge is 0.411 e. The lowest BCUT2D eigenvalue weighted by Crippen LogP contribution is -2.17. The topological polar surface area (TPSA) is 59.6 Å². The predicted octanol–water partition coefficient (Wildman–Crippen LogP) is 2.54. The average Bonchev–Trinajstić information content (AvgIpc) is 2.83. The number of nitrogens with zero attached hydrogens (tertiary/aromatic N) is 3. The summed E-state index contributed by atoms with van der Waals surface area (Å²) in [5, 5.41) is 11.5. The molecule has 18 heavy (non-hydrogen) atoms. The Morgan fingerprint density at radius 1 is 1.44 bits per heavy atom. The molecule has 1 aromatic carbocycles. The van der Waals surface area contributed by atoms with Gasteiger partial charge in [-0.2, -0.15) is 0 Å². The molecule has 2 heterocycles. The Kier molecular flexibility index (Phi) is 2.98. The van der Waals surface area contributed by atoms with Gasteiger partial charge < -0.3 is 14.5 Å². The third-order valence-electron chi connectivity index (χ3n) is 3.27. The molecule has 5 nitrogen and oxygen atoms in total. The number of aromatic nitrogens is 2. The van der Waals surface area contributed by atoms with Crippen LogP contribution in [0.4, 0.5) is 0 Å². The number of hydrogen-bond donors (Lipinski definition) is 1. The van der Waals surface area contributed by atoms with Crippen LogP contribution in [-0.4, -0.2) is 27.6 Å². The third kappa shape index (κ3) is 1.97. The molecule has 5 heteroatoms. The summed E-state index contributed by atoms with van der Waals surface area (Å²) in [4.78, 5) is 4.38. The summed E-state index contributed by atoms with van der Waals surface area (Å²) in [6.45, 7) is 0.819. The molecule has 0 amide bonds. The molecule has 1 fully saturated rings. The van der Waals surface area contributed by atoms with Gasteiger partial charge in [-0.3, -0.25) is 0 Å². The van der Waals surface area contributed by atoms with Gasteiger partial charge in [-0.05, 0) is 37.0 Å². The van der Waals surface area contributed by atoms with Crippen LogP contribution in [0.25, 0.3) is 11.0 Å². The smallest absolute Gasteiger partial charge is 0.135 e. The minimum atomic E-state index is 0.0982. The molecule has 0 aliphatic carbocycles. The van der Waals surface area contributed by atoms with Crippen LogP contribution in [0.3, 0.4) is 0 Å². The summed E-state index contributed by atoms with van der Waals surface area (Å²) < 4.78 is 7.84. The van der Waals surface area contributed by atoms with E-state index in [0.717, 1.165) is 36.0 Å². The third-order valence-corrected chi connectivity index (χ3v) is 3.27. The van der Waals surface area contributed by atoms with Crippen molar-refractivity contribution in [3.63, 3.8) is 0 Å². The lowest BCUT2D eigenvalue weighted by atomic mass is 10.1. The van der Waals surface area contributed by atoms with Gasteiger partial charge in [-0.1, -0.05) is 11.2 Å². The molecule has 1 aromatic heterocycles. The number of oxime groups is 1. The highest BCUT2D eigenvalue weighted by atomic mass is 16.5. The van der Waals surface area contributed by atoms with Crippen molar-refractivity contribution in [1.29, 1.82) is 0 Å². The Balaban J connectivity index is 1.98. The van der Waals surface area contributed by atoms with Crippen LogP contribution in [0.1, 0.15) is 31.1 Å². The van der Waals surface area contributed by atoms with Crippen LogP contribution in [0.15, 0.2) is 29.7 Å². The molecule has 0 bridgehead atoms. The Bertz CT molecular complexity index is 571. The molecule has 1 N–H and O–H groups in total. The Morgan fingerprint density at radius 3 is 3.17 bits per heavy atom. The Labute approximate surface area is 105 Å². The van der Waals surface area contributed by atoms with Gasteiger partial charge in [0.05, 0.1) is 23.6 Å².